The van der Waals surface area contributed by atoms with Gasteiger partial charge in [0.1, 0.15) is 19.3 Å². The van der Waals surface area contributed by atoms with Gasteiger partial charge in [-0.2, -0.15) is 0 Å². The molecule has 0 radical (unpaired) electrons. The van der Waals surface area contributed by atoms with Gasteiger partial charge >= 0.3 is 12.1 Å². The number of piperidine rings is 1. The predicted molar refractivity (Wildman–Crippen MR) is 128 cm³/mol. The summed E-state index contributed by atoms with van der Waals surface area (Å²) in [6.07, 6.45) is 2.24. The molecule has 1 unspecified atom stereocenters. The first-order valence-corrected chi connectivity index (χ1v) is 12.2. The molecule has 0 bridgehead atoms. The molecule has 1 atom stereocenters. The molecule has 35 heavy (non-hydrogen) atoms. The van der Waals surface area contributed by atoms with Crippen LogP contribution in [0.15, 0.2) is 48.5 Å². The first kappa shape index (κ1) is 23.4. The number of benzene rings is 2. The number of likely N-dealkylation sites (tertiary alicyclic amines) is 1. The van der Waals surface area contributed by atoms with Crippen molar-refractivity contribution in [3.8, 4) is 11.1 Å². The minimum atomic E-state index is -0.996. The first-order valence-electron chi connectivity index (χ1n) is 12.2. The molecule has 2 N–H and O–H groups in total. The molecule has 0 spiro atoms. The van der Waals surface area contributed by atoms with E-state index in [1.54, 1.807) is 4.90 Å². The summed E-state index contributed by atoms with van der Waals surface area (Å²) in [4.78, 5) is 38.4. The van der Waals surface area contributed by atoms with Gasteiger partial charge in [0.2, 0.25) is 5.91 Å². The number of carboxylic acids is 1. The van der Waals surface area contributed by atoms with E-state index in [0.29, 0.717) is 25.9 Å². The number of hydrogen-bond acceptors (Lipinski definition) is 5. The van der Waals surface area contributed by atoms with E-state index in [0.717, 1.165) is 24.0 Å². The van der Waals surface area contributed by atoms with Crippen molar-refractivity contribution in [2.45, 2.75) is 43.7 Å². The van der Waals surface area contributed by atoms with Crippen LogP contribution in [0.4, 0.5) is 4.79 Å². The summed E-state index contributed by atoms with van der Waals surface area (Å²) < 4.78 is 11.0. The van der Waals surface area contributed by atoms with Crippen LogP contribution < -0.4 is 5.32 Å². The van der Waals surface area contributed by atoms with Crippen molar-refractivity contribution in [2.75, 3.05) is 26.3 Å². The number of nitrogens with zero attached hydrogens (tertiary/aromatic N) is 1. The van der Waals surface area contributed by atoms with Crippen LogP contribution in [0.2, 0.25) is 0 Å². The molecule has 1 heterocycles. The third kappa shape index (κ3) is 5.17. The maximum Gasteiger partial charge on any atom is 0.407 e. The van der Waals surface area contributed by atoms with Gasteiger partial charge in [-0.05, 0) is 53.9 Å². The van der Waals surface area contributed by atoms with Crippen LogP contribution in [-0.2, 0) is 19.1 Å². The highest BCUT2D eigenvalue weighted by Crippen LogP contribution is 2.44. The van der Waals surface area contributed by atoms with Gasteiger partial charge in [0.15, 0.2) is 0 Å². The number of alkyl carbamates (subject to hydrolysis) is 1. The molecular weight excluding hydrogens is 448 g/mol. The average molecular weight is 479 g/mol. The van der Waals surface area contributed by atoms with Crippen LogP contribution in [0.3, 0.4) is 0 Å². The van der Waals surface area contributed by atoms with Crippen molar-refractivity contribution in [2.24, 2.45) is 5.92 Å². The fourth-order valence-electron chi connectivity index (χ4n) is 5.21. The molecule has 1 saturated heterocycles. The average Bonchev–Trinajstić information content (AvgIpc) is 3.67. The third-order valence-corrected chi connectivity index (χ3v) is 7.17. The summed E-state index contributed by atoms with van der Waals surface area (Å²) in [5.41, 5.74) is 4.62. The largest absolute Gasteiger partial charge is 0.480 e. The Hall–Kier alpha value is -3.39. The number of amides is 2. The van der Waals surface area contributed by atoms with E-state index in [1.165, 1.54) is 11.1 Å². The quantitative estimate of drug-likeness (QED) is 0.603. The van der Waals surface area contributed by atoms with E-state index >= 15 is 0 Å². The predicted octanol–water partition coefficient (Wildman–Crippen LogP) is 3.40. The Balaban J connectivity index is 1.17. The Kier molecular flexibility index (Phi) is 6.72. The highest BCUT2D eigenvalue weighted by atomic mass is 16.5. The molecule has 1 saturated carbocycles. The van der Waals surface area contributed by atoms with Gasteiger partial charge in [0, 0.05) is 19.0 Å². The molecule has 5 rings (SSSR count). The number of carboxylic acid groups (broad SMARTS) is 1. The van der Waals surface area contributed by atoms with Gasteiger partial charge < -0.3 is 24.8 Å². The second-order valence-corrected chi connectivity index (χ2v) is 9.51. The maximum absolute atomic E-state index is 13.2. The van der Waals surface area contributed by atoms with E-state index in [9.17, 15) is 14.4 Å². The van der Waals surface area contributed by atoms with E-state index in [-0.39, 0.29) is 37.1 Å². The standard InChI is InChI=1S/C27H30N2O6/c30-24(31)16-34-18-11-13-29(14-12-18)26(32)25(17-9-10-17)28-27(33)35-15-23-21-7-3-1-5-19(21)20-6-2-4-8-22(20)23/h1-8,17-18,23,25H,9-16H2,(H,28,33)(H,30,31). The number of hydrogen-bond donors (Lipinski definition) is 2. The smallest absolute Gasteiger partial charge is 0.407 e. The van der Waals surface area contributed by atoms with Gasteiger partial charge in [0.25, 0.3) is 0 Å². The molecule has 2 fully saturated rings. The Morgan fingerprint density at radius 3 is 2.11 bits per heavy atom. The van der Waals surface area contributed by atoms with Crippen molar-refractivity contribution in [1.29, 1.82) is 0 Å². The number of carbonyl (C=O) groups is 3. The van der Waals surface area contributed by atoms with Gasteiger partial charge in [0.05, 0.1) is 6.10 Å². The van der Waals surface area contributed by atoms with Gasteiger partial charge in [-0.25, -0.2) is 9.59 Å². The lowest BCUT2D eigenvalue weighted by atomic mass is 9.98. The van der Waals surface area contributed by atoms with Gasteiger partial charge in [-0.3, -0.25) is 4.79 Å². The fraction of sp³-hybridized carbons (Fsp3) is 0.444. The van der Waals surface area contributed by atoms with Crippen molar-refractivity contribution in [1.82, 2.24) is 10.2 Å². The Bertz CT molecular complexity index is 1060. The molecule has 2 aromatic carbocycles. The second kappa shape index (κ2) is 10.1. The van der Waals surface area contributed by atoms with Crippen LogP contribution in [0.25, 0.3) is 11.1 Å². The minimum absolute atomic E-state index is 0.0342. The Labute approximate surface area is 204 Å². The molecule has 184 valence electrons. The van der Waals surface area contributed by atoms with E-state index in [4.69, 9.17) is 14.6 Å². The normalized spacial score (nSPS) is 18.5. The van der Waals surface area contributed by atoms with Crippen molar-refractivity contribution in [3.05, 3.63) is 59.7 Å². The van der Waals surface area contributed by atoms with Crippen LogP contribution in [0.1, 0.15) is 42.7 Å². The van der Waals surface area contributed by atoms with Crippen LogP contribution >= 0.6 is 0 Å². The zero-order valence-corrected chi connectivity index (χ0v) is 19.5. The summed E-state index contributed by atoms with van der Waals surface area (Å²) in [5, 5.41) is 11.6. The number of carbonyl (C=O) groups excluding carboxylic acids is 2. The van der Waals surface area contributed by atoms with Crippen LogP contribution in [-0.4, -0.2) is 66.4 Å². The molecule has 8 nitrogen and oxygen atoms in total. The van der Waals surface area contributed by atoms with Gasteiger partial charge in [-0.1, -0.05) is 48.5 Å². The topological polar surface area (TPSA) is 105 Å². The van der Waals surface area contributed by atoms with Crippen molar-refractivity contribution in [3.63, 3.8) is 0 Å². The number of fused-ring (bicyclic) bond motifs is 3. The lowest BCUT2D eigenvalue weighted by Gasteiger charge is -2.34. The fourth-order valence-corrected chi connectivity index (χ4v) is 5.21. The van der Waals surface area contributed by atoms with E-state index in [1.807, 2.05) is 24.3 Å². The van der Waals surface area contributed by atoms with Gasteiger partial charge in [-0.15, -0.1) is 0 Å². The maximum atomic E-state index is 13.2. The molecule has 2 aromatic rings. The third-order valence-electron chi connectivity index (χ3n) is 7.17. The molecule has 0 aromatic heterocycles. The SMILES string of the molecule is O=C(O)COC1CCN(C(=O)C(NC(=O)OCC2c3ccccc3-c3ccccc32)C2CC2)CC1. The van der Waals surface area contributed by atoms with Crippen LogP contribution in [0, 0.1) is 5.92 Å². The van der Waals surface area contributed by atoms with Crippen molar-refractivity contribution < 1.29 is 29.0 Å². The molecular formula is C27H30N2O6. The van der Waals surface area contributed by atoms with Crippen molar-refractivity contribution >= 4 is 18.0 Å². The molecule has 8 heteroatoms. The highest BCUT2D eigenvalue weighted by Gasteiger charge is 2.41. The number of nitrogens with one attached hydrogen (secondary N) is 1. The summed E-state index contributed by atoms with van der Waals surface area (Å²) in [6.45, 7) is 0.849. The van der Waals surface area contributed by atoms with E-state index in [2.05, 4.69) is 29.6 Å². The van der Waals surface area contributed by atoms with E-state index < -0.39 is 18.1 Å². The minimum Gasteiger partial charge on any atom is -0.480 e. The molecule has 2 aliphatic carbocycles. The van der Waals surface area contributed by atoms with Crippen LogP contribution in [0.5, 0.6) is 0 Å². The summed E-state index contributed by atoms with van der Waals surface area (Å²) in [5.74, 6) is -1.00. The number of rotatable bonds is 8. The molecule has 1 aliphatic heterocycles. The summed E-state index contributed by atoms with van der Waals surface area (Å²) in [6, 6.07) is 15.7. The lowest BCUT2D eigenvalue weighted by molar-refractivity contribution is -0.147. The number of aliphatic carboxylic acids is 1. The summed E-state index contributed by atoms with van der Waals surface area (Å²) >= 11 is 0. The monoisotopic (exact) mass is 478 g/mol. The zero-order valence-electron chi connectivity index (χ0n) is 19.5. The first-order chi connectivity index (χ1) is 17.0. The zero-order chi connectivity index (χ0) is 24.4. The molecule has 2 amide bonds. The lowest BCUT2D eigenvalue weighted by Crippen LogP contribution is -2.52. The Morgan fingerprint density at radius 2 is 1.54 bits per heavy atom. The number of ether oxygens (including phenoxy) is 2. The highest BCUT2D eigenvalue weighted by molar-refractivity contribution is 5.86. The molecule has 3 aliphatic rings. The second-order valence-electron chi connectivity index (χ2n) is 9.51. The summed E-state index contributed by atoms with van der Waals surface area (Å²) in [7, 11) is 0. The Morgan fingerprint density at radius 1 is 0.943 bits per heavy atom.